The summed E-state index contributed by atoms with van der Waals surface area (Å²) < 4.78 is 26.2. The van der Waals surface area contributed by atoms with Gasteiger partial charge in [0.15, 0.2) is 5.78 Å². The van der Waals surface area contributed by atoms with Crippen molar-refractivity contribution in [3.63, 3.8) is 0 Å². The van der Waals surface area contributed by atoms with Crippen molar-refractivity contribution < 1.29 is 27.6 Å². The summed E-state index contributed by atoms with van der Waals surface area (Å²) in [6.07, 6.45) is 10.8. The molecule has 3 aliphatic rings. The van der Waals surface area contributed by atoms with Crippen LogP contribution in [0.15, 0.2) is 64.5 Å². The van der Waals surface area contributed by atoms with Gasteiger partial charge in [-0.25, -0.2) is 8.42 Å². The molecule has 0 aliphatic carbocycles. The minimum Gasteiger partial charge on any atom is -0.385 e. The fourth-order valence-electron chi connectivity index (χ4n) is 8.28. The lowest BCUT2D eigenvalue weighted by Crippen LogP contribution is -2.52. The zero-order valence-corrected chi connectivity index (χ0v) is 35.1. The molecule has 15 heteroatoms. The number of hydrogen-bond acceptors (Lipinski definition) is 10. The molecule has 2 saturated heterocycles. The lowest BCUT2D eigenvalue weighted by molar-refractivity contribution is -0.136. The number of pyridine rings is 1. The minimum absolute atomic E-state index is 0.0880. The maximum atomic E-state index is 13.4. The molecule has 1 unspecified atom stereocenters. The molecule has 0 spiro atoms. The van der Waals surface area contributed by atoms with E-state index in [-0.39, 0.29) is 47.1 Å². The first-order valence-electron chi connectivity index (χ1n) is 20.8. The quantitative estimate of drug-likeness (QED) is 0.0365. The first-order valence-corrected chi connectivity index (χ1v) is 23.4. The van der Waals surface area contributed by atoms with Crippen LogP contribution in [-0.4, -0.2) is 77.4 Å². The molecule has 59 heavy (non-hydrogen) atoms. The summed E-state index contributed by atoms with van der Waals surface area (Å²) in [5, 5.41) is 6.38. The molecule has 3 amide bonds. The van der Waals surface area contributed by atoms with Crippen LogP contribution in [0.2, 0.25) is 0 Å². The molecule has 13 nitrogen and oxygen atoms in total. The van der Waals surface area contributed by atoms with E-state index in [0.29, 0.717) is 66.0 Å². The Morgan fingerprint density at radius 1 is 0.932 bits per heavy atom. The second-order valence-electron chi connectivity index (χ2n) is 15.8. The zero-order chi connectivity index (χ0) is 41.7. The van der Waals surface area contributed by atoms with E-state index in [1.165, 1.54) is 11.3 Å². The molecule has 2 aromatic carbocycles. The number of carbonyl (C=O) groups excluding carboxylic acids is 4. The molecule has 0 radical (unpaired) electrons. The normalized spacial score (nSPS) is 18.3. The number of Topliss-reactive ketones (excluding diaryl/α,β-unsaturated/α-hetero) is 1. The van der Waals surface area contributed by atoms with Gasteiger partial charge in [0.1, 0.15) is 21.7 Å². The van der Waals surface area contributed by atoms with Gasteiger partial charge in [0.2, 0.25) is 11.8 Å². The lowest BCUT2D eigenvalue weighted by atomic mass is 9.99. The van der Waals surface area contributed by atoms with E-state index in [4.69, 9.17) is 5.73 Å². The largest absolute Gasteiger partial charge is 0.385 e. The topological polar surface area (TPSA) is 190 Å². The number of aryl methyl sites for hydroxylation is 1. The van der Waals surface area contributed by atoms with Gasteiger partial charge in [0.25, 0.3) is 11.5 Å². The summed E-state index contributed by atoms with van der Waals surface area (Å²) in [7, 11) is -3.02. The number of amides is 3. The molecule has 2 aromatic heterocycles. The van der Waals surface area contributed by atoms with Crippen molar-refractivity contribution in [2.75, 3.05) is 23.4 Å². The van der Waals surface area contributed by atoms with Gasteiger partial charge in [-0.2, -0.15) is 0 Å². The Morgan fingerprint density at radius 2 is 1.66 bits per heavy atom. The number of benzene rings is 2. The molecular weight excluding hydrogens is 789 g/mol. The van der Waals surface area contributed by atoms with Crippen LogP contribution in [0, 0.1) is 0 Å². The number of nitrogens with two attached hydrogens (primary N) is 1. The second kappa shape index (κ2) is 18.4. The van der Waals surface area contributed by atoms with Crippen molar-refractivity contribution in [1.82, 2.24) is 14.8 Å². The van der Waals surface area contributed by atoms with Gasteiger partial charge in [0.05, 0.1) is 27.8 Å². The third-order valence-corrected chi connectivity index (χ3v) is 14.6. The molecule has 0 bridgehead atoms. The summed E-state index contributed by atoms with van der Waals surface area (Å²) in [6, 6.07) is 14.2. The van der Waals surface area contributed by atoms with Crippen molar-refractivity contribution >= 4 is 66.3 Å². The first kappa shape index (κ1) is 42.0. The summed E-state index contributed by atoms with van der Waals surface area (Å²) in [5.74, 6) is -0.288. The fraction of sp³-hybridized carbons (Fsp3) is 0.455. The maximum absolute atomic E-state index is 13.4. The Labute approximate surface area is 348 Å². The van der Waals surface area contributed by atoms with E-state index >= 15 is 0 Å². The highest BCUT2D eigenvalue weighted by Crippen LogP contribution is 2.35. The molecule has 4 aromatic rings. The van der Waals surface area contributed by atoms with E-state index in [2.05, 4.69) is 15.6 Å². The van der Waals surface area contributed by atoms with Crippen molar-refractivity contribution in [2.24, 2.45) is 10.7 Å². The molecule has 4 N–H and O–H groups in total. The average molecular weight is 841 g/mol. The van der Waals surface area contributed by atoms with Gasteiger partial charge >= 0.3 is 0 Å². The van der Waals surface area contributed by atoms with Gasteiger partial charge in [-0.15, -0.1) is 11.3 Å². The third kappa shape index (κ3) is 9.67. The molecular formula is C44H52N6O7S2. The number of imide groups is 1. The number of ketones is 1. The van der Waals surface area contributed by atoms with Crippen molar-refractivity contribution in [3.05, 3.63) is 86.6 Å². The van der Waals surface area contributed by atoms with E-state index in [9.17, 15) is 32.4 Å². The number of aliphatic imine (C=N–C) groups is 1. The number of piperidine rings is 1. The summed E-state index contributed by atoms with van der Waals surface area (Å²) in [6.45, 7) is 3.51. The van der Waals surface area contributed by atoms with E-state index in [1.54, 1.807) is 21.6 Å². The van der Waals surface area contributed by atoms with E-state index in [0.717, 1.165) is 78.6 Å². The number of anilines is 1. The number of sulfone groups is 1. The average Bonchev–Trinajstić information content (AvgIpc) is 3.82. The highest BCUT2D eigenvalue weighted by atomic mass is 32.2. The Kier molecular flexibility index (Phi) is 13.1. The number of rotatable bonds is 17. The second-order valence-corrected chi connectivity index (χ2v) is 19.1. The number of nitrogens with zero attached hydrogens (tertiary/aromatic N) is 3. The SMILES string of the molecule is CCn1cc(-c2cccc(C(=O)CCCCCCCCCNc3cccc4c3CN(C3CCC(=O)NC3=O)C4=O)c2)c2sc(C(N)=NC3CCS(=O)(=O)CC3)cc2c1=O. The number of unbranched alkanes of at least 4 members (excludes halogenated alkanes) is 6. The van der Waals surface area contributed by atoms with Crippen LogP contribution in [0.1, 0.15) is 115 Å². The predicted molar refractivity (Wildman–Crippen MR) is 232 cm³/mol. The van der Waals surface area contributed by atoms with Crippen LogP contribution < -0.4 is 21.9 Å². The van der Waals surface area contributed by atoms with Crippen molar-refractivity contribution in [1.29, 1.82) is 0 Å². The summed E-state index contributed by atoms with van der Waals surface area (Å²) >= 11 is 1.39. The Bertz CT molecular complexity index is 2460. The molecule has 1 atom stereocenters. The van der Waals surface area contributed by atoms with Crippen LogP contribution in [-0.2, 0) is 32.5 Å². The number of aromatic nitrogens is 1. The number of nitrogens with one attached hydrogen (secondary N) is 2. The van der Waals surface area contributed by atoms with Gasteiger partial charge in [-0.05, 0) is 68.9 Å². The van der Waals surface area contributed by atoms with Crippen LogP contribution in [0.5, 0.6) is 0 Å². The number of fused-ring (bicyclic) bond motifs is 2. The highest BCUT2D eigenvalue weighted by Gasteiger charge is 2.39. The number of amidine groups is 1. The van der Waals surface area contributed by atoms with Gasteiger partial charge in [0, 0.05) is 71.3 Å². The van der Waals surface area contributed by atoms with Gasteiger partial charge in [-0.3, -0.25) is 34.3 Å². The maximum Gasteiger partial charge on any atom is 0.259 e. The van der Waals surface area contributed by atoms with Crippen molar-refractivity contribution in [2.45, 2.75) is 109 Å². The van der Waals surface area contributed by atoms with Crippen molar-refractivity contribution in [3.8, 4) is 11.1 Å². The van der Waals surface area contributed by atoms with Crippen LogP contribution >= 0.6 is 11.3 Å². The highest BCUT2D eigenvalue weighted by molar-refractivity contribution is 7.91. The zero-order valence-electron chi connectivity index (χ0n) is 33.5. The van der Waals surface area contributed by atoms with Gasteiger partial charge < -0.3 is 20.5 Å². The summed E-state index contributed by atoms with van der Waals surface area (Å²) in [4.78, 5) is 70.7. The Balaban J connectivity index is 0.863. The fourth-order valence-corrected chi connectivity index (χ4v) is 10.8. The number of thiophene rings is 1. The third-order valence-electron chi connectivity index (χ3n) is 11.7. The van der Waals surface area contributed by atoms with E-state index < -0.39 is 21.8 Å². The van der Waals surface area contributed by atoms with E-state index in [1.807, 2.05) is 49.5 Å². The molecule has 7 rings (SSSR count). The van der Waals surface area contributed by atoms with Crippen LogP contribution in [0.4, 0.5) is 5.69 Å². The number of hydrogen-bond donors (Lipinski definition) is 3. The Morgan fingerprint density at radius 3 is 2.41 bits per heavy atom. The molecule has 0 saturated carbocycles. The van der Waals surface area contributed by atoms with Crippen LogP contribution in [0.25, 0.3) is 21.2 Å². The predicted octanol–water partition coefficient (Wildman–Crippen LogP) is 6.21. The minimum atomic E-state index is -3.02. The van der Waals surface area contributed by atoms with Crippen LogP contribution in [0.3, 0.4) is 0 Å². The monoisotopic (exact) mass is 840 g/mol. The number of carbonyl (C=O) groups is 4. The standard InChI is InChI=1S/C44H52N6O7S2/c1-2-49-26-33(40-32(43(49)54)25-38(58-40)41(45)47-30-19-22-59(56,57)23-20-30)28-12-10-13-29(24-28)37(51)16-8-6-4-3-5-7-9-21-46-35-15-11-14-31-34(35)27-50(44(31)55)36-17-18-39(52)48-42(36)53/h10-15,24-26,30,36,46H,2-9,16-23,27H2,1H3,(H2,45,47)(H,48,52,53). The Hall–Kier alpha value is -5.15. The molecule has 5 heterocycles. The smallest absolute Gasteiger partial charge is 0.259 e. The summed E-state index contributed by atoms with van der Waals surface area (Å²) in [5.41, 5.74) is 11.0. The first-order chi connectivity index (χ1) is 28.4. The lowest BCUT2D eigenvalue weighted by Gasteiger charge is -2.29. The van der Waals surface area contributed by atoms with Gasteiger partial charge in [-0.1, -0.05) is 56.4 Å². The molecule has 2 fully saturated rings. The molecule has 312 valence electrons. The molecule has 3 aliphatic heterocycles.